The van der Waals surface area contributed by atoms with Crippen molar-refractivity contribution in [1.82, 2.24) is 19.8 Å². The van der Waals surface area contributed by atoms with Gasteiger partial charge in [0.1, 0.15) is 11.9 Å². The van der Waals surface area contributed by atoms with E-state index in [1.54, 1.807) is 42.7 Å². The van der Waals surface area contributed by atoms with E-state index in [1.165, 1.54) is 6.07 Å². The zero-order valence-electron chi connectivity index (χ0n) is 18.8. The molecule has 172 valence electrons. The van der Waals surface area contributed by atoms with Crippen LogP contribution in [0.3, 0.4) is 0 Å². The number of carbonyl (C=O) groups is 3. The molecule has 0 bridgehead atoms. The number of hydrogen-bond donors (Lipinski definition) is 2. The lowest BCUT2D eigenvalue weighted by atomic mass is 10.0. The van der Waals surface area contributed by atoms with E-state index in [2.05, 4.69) is 10.3 Å². The average Bonchev–Trinajstić information content (AvgIpc) is 3.44. The first-order valence-electron chi connectivity index (χ1n) is 11.0. The van der Waals surface area contributed by atoms with Gasteiger partial charge in [0.15, 0.2) is 5.78 Å². The third-order valence-corrected chi connectivity index (χ3v) is 6.33. The summed E-state index contributed by atoms with van der Waals surface area (Å²) < 4.78 is 16.0. The number of carbonyl (C=O) groups excluding carboxylic acids is 3. The van der Waals surface area contributed by atoms with Crippen molar-refractivity contribution in [3.63, 3.8) is 0 Å². The van der Waals surface area contributed by atoms with E-state index in [-0.39, 0.29) is 12.3 Å². The molecule has 1 atom stereocenters. The minimum absolute atomic E-state index is 0.321. The van der Waals surface area contributed by atoms with Crippen molar-refractivity contribution in [2.45, 2.75) is 26.3 Å². The first-order chi connectivity index (χ1) is 16.3. The predicted molar refractivity (Wildman–Crippen MR) is 126 cm³/mol. The Morgan fingerprint density at radius 2 is 1.79 bits per heavy atom. The Morgan fingerprint density at radius 3 is 2.59 bits per heavy atom. The van der Waals surface area contributed by atoms with Gasteiger partial charge in [-0.1, -0.05) is 30.3 Å². The summed E-state index contributed by atoms with van der Waals surface area (Å²) in [6.45, 7) is 3.12. The second-order valence-electron chi connectivity index (χ2n) is 8.48. The molecule has 1 unspecified atom stereocenters. The number of halogens is 1. The van der Waals surface area contributed by atoms with Crippen molar-refractivity contribution in [3.8, 4) is 5.69 Å². The highest BCUT2D eigenvalue weighted by Gasteiger charge is 2.39. The van der Waals surface area contributed by atoms with E-state index in [0.717, 1.165) is 21.4 Å². The fourth-order valence-corrected chi connectivity index (χ4v) is 4.66. The normalized spacial score (nSPS) is 15.9. The zero-order valence-corrected chi connectivity index (χ0v) is 18.8. The first-order valence-corrected chi connectivity index (χ1v) is 11.0. The molecule has 1 saturated heterocycles. The number of fused-ring (bicyclic) bond motifs is 1. The van der Waals surface area contributed by atoms with Crippen LogP contribution < -0.4 is 5.32 Å². The summed E-state index contributed by atoms with van der Waals surface area (Å²) in [6, 6.07) is 14.4. The lowest BCUT2D eigenvalue weighted by molar-refractivity contribution is -0.127. The Hall–Kier alpha value is -4.20. The largest absolute Gasteiger partial charge is 0.361 e. The number of benzene rings is 2. The SMILES string of the molecule is Cc1cc(C(=O)CN2C(=O)NC(Cc3c[nH]c4ccccc34)C2=O)c(C)n1-c1ccccc1F. The number of amides is 3. The Labute approximate surface area is 195 Å². The molecule has 1 aliphatic heterocycles. The molecule has 0 aliphatic carbocycles. The van der Waals surface area contributed by atoms with Crippen LogP contribution in [-0.2, 0) is 11.2 Å². The van der Waals surface area contributed by atoms with Gasteiger partial charge in [-0.3, -0.25) is 14.5 Å². The molecule has 2 aromatic carbocycles. The highest BCUT2D eigenvalue weighted by molar-refractivity contribution is 6.09. The van der Waals surface area contributed by atoms with Crippen molar-refractivity contribution < 1.29 is 18.8 Å². The fraction of sp³-hybridized carbons (Fsp3) is 0.192. The molecule has 1 aliphatic rings. The van der Waals surface area contributed by atoms with Crippen LogP contribution in [0.1, 0.15) is 27.3 Å². The molecule has 0 radical (unpaired) electrons. The second kappa shape index (κ2) is 8.30. The van der Waals surface area contributed by atoms with Gasteiger partial charge in [-0.05, 0) is 43.7 Å². The van der Waals surface area contributed by atoms with Crippen LogP contribution in [0.25, 0.3) is 16.6 Å². The van der Waals surface area contributed by atoms with E-state index in [1.807, 2.05) is 30.5 Å². The minimum Gasteiger partial charge on any atom is -0.361 e. The number of urea groups is 1. The molecule has 3 heterocycles. The summed E-state index contributed by atoms with van der Waals surface area (Å²) >= 11 is 0. The number of ketones is 1. The van der Waals surface area contributed by atoms with Crippen molar-refractivity contribution in [2.75, 3.05) is 6.54 Å². The Balaban J connectivity index is 1.35. The van der Waals surface area contributed by atoms with Crippen LogP contribution in [-0.4, -0.2) is 44.8 Å². The number of aromatic amines is 1. The highest BCUT2D eigenvalue weighted by atomic mass is 19.1. The molecule has 1 fully saturated rings. The standard InChI is InChI=1S/C26H23FN4O3/c1-15-11-19(16(2)31(15)23-10-6-4-8-20(23)27)24(32)14-30-25(33)22(29-26(30)34)12-17-13-28-21-9-5-3-7-18(17)21/h3-11,13,22,28H,12,14H2,1-2H3,(H,29,34). The van der Waals surface area contributed by atoms with Crippen molar-refractivity contribution in [1.29, 1.82) is 0 Å². The van der Waals surface area contributed by atoms with Gasteiger partial charge in [0.25, 0.3) is 5.91 Å². The molecule has 5 rings (SSSR count). The average molecular weight is 458 g/mol. The summed E-state index contributed by atoms with van der Waals surface area (Å²) in [5.74, 6) is -1.23. The molecule has 0 saturated carbocycles. The molecule has 7 nitrogen and oxygen atoms in total. The maximum atomic E-state index is 14.4. The lowest BCUT2D eigenvalue weighted by Crippen LogP contribution is -2.36. The van der Waals surface area contributed by atoms with Crippen LogP contribution in [0.5, 0.6) is 0 Å². The molecular weight excluding hydrogens is 435 g/mol. The van der Waals surface area contributed by atoms with E-state index in [4.69, 9.17) is 0 Å². The van der Waals surface area contributed by atoms with E-state index >= 15 is 0 Å². The van der Waals surface area contributed by atoms with Crippen LogP contribution in [0.4, 0.5) is 9.18 Å². The molecular formula is C26H23FN4O3. The maximum Gasteiger partial charge on any atom is 0.325 e. The molecule has 3 amide bonds. The molecule has 4 aromatic rings. The van der Waals surface area contributed by atoms with Gasteiger partial charge in [-0.15, -0.1) is 0 Å². The maximum absolute atomic E-state index is 14.4. The molecule has 8 heteroatoms. The van der Waals surface area contributed by atoms with Crippen molar-refractivity contribution >= 4 is 28.6 Å². The smallest absolute Gasteiger partial charge is 0.325 e. The van der Waals surface area contributed by atoms with E-state index in [0.29, 0.717) is 29.1 Å². The number of aryl methyl sites for hydroxylation is 1. The zero-order chi connectivity index (χ0) is 24.0. The van der Waals surface area contributed by atoms with Crippen molar-refractivity contribution in [2.24, 2.45) is 0 Å². The Kier molecular flexibility index (Phi) is 5.28. The third kappa shape index (κ3) is 3.57. The van der Waals surface area contributed by atoms with Gasteiger partial charge in [-0.25, -0.2) is 9.18 Å². The first kappa shape index (κ1) is 21.6. The minimum atomic E-state index is -0.745. The van der Waals surface area contributed by atoms with Gasteiger partial charge in [-0.2, -0.15) is 0 Å². The topological polar surface area (TPSA) is 87.2 Å². The Bertz CT molecular complexity index is 1450. The quantitative estimate of drug-likeness (QED) is 0.337. The number of aromatic nitrogens is 2. The molecule has 2 aromatic heterocycles. The third-order valence-electron chi connectivity index (χ3n) is 6.33. The number of nitrogens with one attached hydrogen (secondary N) is 2. The number of H-pyrrole nitrogens is 1. The Morgan fingerprint density at radius 1 is 1.06 bits per heavy atom. The van der Waals surface area contributed by atoms with Gasteiger partial charge >= 0.3 is 6.03 Å². The molecule has 0 spiro atoms. The van der Waals surface area contributed by atoms with Gasteiger partial charge in [0.2, 0.25) is 0 Å². The summed E-state index contributed by atoms with van der Waals surface area (Å²) in [5, 5.41) is 3.68. The second-order valence-corrected chi connectivity index (χ2v) is 8.48. The lowest BCUT2D eigenvalue weighted by Gasteiger charge is -2.13. The summed E-state index contributed by atoms with van der Waals surface area (Å²) in [5.41, 5.74) is 3.78. The number of hydrogen-bond acceptors (Lipinski definition) is 3. The highest BCUT2D eigenvalue weighted by Crippen LogP contribution is 2.25. The summed E-state index contributed by atoms with van der Waals surface area (Å²) in [7, 11) is 0. The molecule has 34 heavy (non-hydrogen) atoms. The van der Waals surface area contributed by atoms with Crippen LogP contribution in [0.2, 0.25) is 0 Å². The number of para-hydroxylation sites is 2. The predicted octanol–water partition coefficient (Wildman–Crippen LogP) is 4.06. The van der Waals surface area contributed by atoms with E-state index in [9.17, 15) is 18.8 Å². The van der Waals surface area contributed by atoms with Crippen LogP contribution in [0.15, 0.2) is 60.8 Å². The van der Waals surface area contributed by atoms with Crippen molar-refractivity contribution in [3.05, 3.63) is 89.1 Å². The van der Waals surface area contributed by atoms with Crippen LogP contribution >= 0.6 is 0 Å². The van der Waals surface area contributed by atoms with Crippen LogP contribution in [0, 0.1) is 19.7 Å². The van der Waals surface area contributed by atoms with Gasteiger partial charge in [0.05, 0.1) is 12.2 Å². The van der Waals surface area contributed by atoms with E-state index < -0.39 is 23.8 Å². The van der Waals surface area contributed by atoms with Gasteiger partial charge < -0.3 is 14.9 Å². The number of nitrogens with zero attached hydrogens (tertiary/aromatic N) is 2. The molecule has 2 N–H and O–H groups in total. The number of imide groups is 1. The monoisotopic (exact) mass is 458 g/mol. The summed E-state index contributed by atoms with van der Waals surface area (Å²) in [4.78, 5) is 42.8. The number of rotatable bonds is 6. The number of Topliss-reactive ketones (excluding diaryl/α,β-unsaturated/α-hetero) is 1. The van der Waals surface area contributed by atoms with Gasteiger partial charge in [0, 0.05) is 40.5 Å². The summed E-state index contributed by atoms with van der Waals surface area (Å²) in [6.07, 6.45) is 2.15. The fourth-order valence-electron chi connectivity index (χ4n) is 4.66.